The fourth-order valence-electron chi connectivity index (χ4n) is 3.75. The summed E-state index contributed by atoms with van der Waals surface area (Å²) in [5, 5.41) is 4.20. The number of nitrogens with zero attached hydrogens (tertiary/aromatic N) is 1. The van der Waals surface area contributed by atoms with Gasteiger partial charge in [-0.3, -0.25) is 4.79 Å². The van der Waals surface area contributed by atoms with Gasteiger partial charge in [0, 0.05) is 12.1 Å². The van der Waals surface area contributed by atoms with Crippen LogP contribution in [0.4, 0.5) is 5.69 Å². The zero-order valence-corrected chi connectivity index (χ0v) is 16.5. The van der Waals surface area contributed by atoms with Gasteiger partial charge in [0.05, 0.1) is 28.3 Å². The molecule has 3 aromatic rings. The predicted octanol–water partition coefficient (Wildman–Crippen LogP) is 3.28. The number of fused-ring (bicyclic) bond motifs is 1. The van der Waals surface area contributed by atoms with Gasteiger partial charge in [0.15, 0.2) is 6.04 Å². The summed E-state index contributed by atoms with van der Waals surface area (Å²) in [5.74, 6) is 0.117. The van der Waals surface area contributed by atoms with Crippen molar-refractivity contribution in [2.75, 3.05) is 18.4 Å². The van der Waals surface area contributed by atoms with E-state index >= 15 is 0 Å². The van der Waals surface area contributed by atoms with Crippen LogP contribution in [0.1, 0.15) is 36.8 Å². The molecular formula is C22H26N3OS+. The van der Waals surface area contributed by atoms with Crippen molar-refractivity contribution >= 4 is 33.1 Å². The lowest BCUT2D eigenvalue weighted by Gasteiger charge is -2.28. The standard InChI is InChI=1S/C22H25N3OS/c1-16(25-13-5-2-6-14-25)22(26)23-18-11-9-17(10-12-18)15-21-24-19-7-3-4-8-20(19)27-21/h3-4,7-12,16H,2,5-6,13-15H2,1H3,(H,23,26)/p+1/t16-/m1/s1. The Morgan fingerprint density at radius 2 is 1.85 bits per heavy atom. The average molecular weight is 381 g/mol. The van der Waals surface area contributed by atoms with Gasteiger partial charge in [0.2, 0.25) is 0 Å². The second-order valence-corrected chi connectivity index (χ2v) is 8.49. The molecule has 2 heterocycles. The SMILES string of the molecule is C[C@H](C(=O)Nc1ccc(Cc2nc3ccccc3s2)cc1)[NH+]1CCCCC1. The van der Waals surface area contributed by atoms with Crippen molar-refractivity contribution < 1.29 is 9.69 Å². The number of carbonyl (C=O) groups is 1. The van der Waals surface area contributed by atoms with Crippen LogP contribution in [0.25, 0.3) is 10.2 Å². The summed E-state index contributed by atoms with van der Waals surface area (Å²) in [6.07, 6.45) is 4.58. The van der Waals surface area contributed by atoms with E-state index in [1.54, 1.807) is 11.3 Å². The van der Waals surface area contributed by atoms with Crippen LogP contribution in [-0.2, 0) is 11.2 Å². The Balaban J connectivity index is 1.37. The molecule has 4 nitrogen and oxygen atoms in total. The van der Waals surface area contributed by atoms with Crippen molar-refractivity contribution in [2.24, 2.45) is 0 Å². The van der Waals surface area contributed by atoms with Gasteiger partial charge >= 0.3 is 0 Å². The minimum atomic E-state index is 0.00715. The van der Waals surface area contributed by atoms with Crippen molar-refractivity contribution in [2.45, 2.75) is 38.6 Å². The Labute approximate surface area is 164 Å². The summed E-state index contributed by atoms with van der Waals surface area (Å²) in [5.41, 5.74) is 3.15. The van der Waals surface area contributed by atoms with E-state index in [-0.39, 0.29) is 11.9 Å². The molecule has 1 atom stereocenters. The summed E-state index contributed by atoms with van der Waals surface area (Å²) in [6.45, 7) is 4.25. The van der Waals surface area contributed by atoms with Crippen LogP contribution in [-0.4, -0.2) is 30.0 Å². The van der Waals surface area contributed by atoms with E-state index in [1.807, 2.05) is 31.2 Å². The number of likely N-dealkylation sites (tertiary alicyclic amines) is 1. The van der Waals surface area contributed by atoms with Gasteiger partial charge in [0.25, 0.3) is 5.91 Å². The Morgan fingerprint density at radius 3 is 2.59 bits per heavy atom. The van der Waals surface area contributed by atoms with Gasteiger partial charge in [-0.15, -0.1) is 11.3 Å². The molecule has 1 saturated heterocycles. The molecule has 2 N–H and O–H groups in total. The first-order chi connectivity index (χ1) is 13.2. The van der Waals surface area contributed by atoms with Crippen molar-refractivity contribution in [1.29, 1.82) is 0 Å². The van der Waals surface area contributed by atoms with Gasteiger partial charge in [-0.1, -0.05) is 24.3 Å². The fraction of sp³-hybridized carbons (Fsp3) is 0.364. The number of aromatic nitrogens is 1. The molecule has 1 amide bonds. The van der Waals surface area contributed by atoms with Crippen LogP contribution >= 0.6 is 11.3 Å². The third-order valence-electron chi connectivity index (χ3n) is 5.42. The Hall–Kier alpha value is -2.24. The second kappa shape index (κ2) is 8.19. The summed E-state index contributed by atoms with van der Waals surface area (Å²) in [6, 6.07) is 16.4. The van der Waals surface area contributed by atoms with Crippen LogP contribution in [0.15, 0.2) is 48.5 Å². The summed E-state index contributed by atoms with van der Waals surface area (Å²) in [4.78, 5) is 18.7. The fourth-order valence-corrected chi connectivity index (χ4v) is 4.75. The zero-order chi connectivity index (χ0) is 18.6. The molecule has 5 heteroatoms. The number of amides is 1. The molecule has 4 rings (SSSR count). The number of anilines is 1. The van der Waals surface area contributed by atoms with Crippen LogP contribution in [0.3, 0.4) is 0 Å². The first-order valence-electron chi connectivity index (χ1n) is 9.78. The van der Waals surface area contributed by atoms with Crippen molar-refractivity contribution in [3.63, 3.8) is 0 Å². The molecule has 140 valence electrons. The Kier molecular flexibility index (Phi) is 5.50. The van der Waals surface area contributed by atoms with E-state index in [0.29, 0.717) is 0 Å². The van der Waals surface area contributed by atoms with Crippen LogP contribution in [0.5, 0.6) is 0 Å². The molecule has 1 aliphatic heterocycles. The molecule has 1 aromatic heterocycles. The molecule has 27 heavy (non-hydrogen) atoms. The molecule has 1 aliphatic rings. The molecule has 2 aromatic carbocycles. The Morgan fingerprint density at radius 1 is 1.11 bits per heavy atom. The van der Waals surface area contributed by atoms with Crippen molar-refractivity contribution in [3.05, 3.63) is 59.1 Å². The van der Waals surface area contributed by atoms with Gasteiger partial charge < -0.3 is 10.2 Å². The summed E-state index contributed by atoms with van der Waals surface area (Å²) >= 11 is 1.74. The second-order valence-electron chi connectivity index (χ2n) is 7.38. The van der Waals surface area contributed by atoms with Crippen LogP contribution in [0, 0.1) is 0 Å². The Bertz CT molecular complexity index is 880. The van der Waals surface area contributed by atoms with Crippen LogP contribution in [0.2, 0.25) is 0 Å². The minimum absolute atomic E-state index is 0.00715. The maximum Gasteiger partial charge on any atom is 0.282 e. The highest BCUT2D eigenvalue weighted by molar-refractivity contribution is 7.18. The first kappa shape index (κ1) is 18.1. The van der Waals surface area contributed by atoms with E-state index in [2.05, 4.69) is 29.6 Å². The molecule has 0 spiro atoms. The minimum Gasteiger partial charge on any atom is -0.325 e. The number of carbonyl (C=O) groups excluding carboxylic acids is 1. The molecule has 0 radical (unpaired) electrons. The normalized spacial score (nSPS) is 16.3. The number of nitrogens with one attached hydrogen (secondary N) is 2. The van der Waals surface area contributed by atoms with E-state index in [4.69, 9.17) is 4.98 Å². The number of para-hydroxylation sites is 1. The van der Waals surface area contributed by atoms with Crippen LogP contribution < -0.4 is 10.2 Å². The number of rotatable bonds is 5. The molecule has 0 saturated carbocycles. The highest BCUT2D eigenvalue weighted by Gasteiger charge is 2.26. The van der Waals surface area contributed by atoms with Crippen molar-refractivity contribution in [3.8, 4) is 0 Å². The third kappa shape index (κ3) is 4.37. The number of piperidine rings is 1. The van der Waals surface area contributed by atoms with Gasteiger partial charge in [-0.05, 0) is 56.0 Å². The van der Waals surface area contributed by atoms with E-state index in [0.717, 1.165) is 35.7 Å². The maximum absolute atomic E-state index is 12.5. The van der Waals surface area contributed by atoms with E-state index < -0.39 is 0 Å². The van der Waals surface area contributed by atoms with Gasteiger partial charge in [0.1, 0.15) is 0 Å². The third-order valence-corrected chi connectivity index (χ3v) is 6.45. The smallest absolute Gasteiger partial charge is 0.282 e. The highest BCUT2D eigenvalue weighted by atomic mass is 32.1. The molecular weight excluding hydrogens is 354 g/mol. The lowest BCUT2D eigenvalue weighted by molar-refractivity contribution is -0.918. The van der Waals surface area contributed by atoms with E-state index in [1.165, 1.54) is 34.4 Å². The topological polar surface area (TPSA) is 46.4 Å². The lowest BCUT2D eigenvalue weighted by atomic mass is 10.1. The average Bonchev–Trinajstić information content (AvgIpc) is 3.12. The predicted molar refractivity (Wildman–Crippen MR) is 112 cm³/mol. The summed E-state index contributed by atoms with van der Waals surface area (Å²) < 4.78 is 1.23. The molecule has 0 bridgehead atoms. The van der Waals surface area contributed by atoms with Crippen molar-refractivity contribution in [1.82, 2.24) is 4.98 Å². The van der Waals surface area contributed by atoms with Gasteiger partial charge in [-0.25, -0.2) is 4.98 Å². The number of hydrogen-bond acceptors (Lipinski definition) is 3. The maximum atomic E-state index is 12.5. The zero-order valence-electron chi connectivity index (χ0n) is 15.7. The quantitative estimate of drug-likeness (QED) is 0.714. The first-order valence-corrected chi connectivity index (χ1v) is 10.6. The monoisotopic (exact) mass is 380 g/mol. The highest BCUT2D eigenvalue weighted by Crippen LogP contribution is 2.24. The largest absolute Gasteiger partial charge is 0.325 e. The lowest BCUT2D eigenvalue weighted by Crippen LogP contribution is -3.17. The molecule has 0 unspecified atom stereocenters. The van der Waals surface area contributed by atoms with Gasteiger partial charge in [-0.2, -0.15) is 0 Å². The van der Waals surface area contributed by atoms with E-state index in [9.17, 15) is 4.79 Å². The number of thiazole rings is 1. The summed E-state index contributed by atoms with van der Waals surface area (Å²) in [7, 11) is 0. The number of quaternary nitrogens is 1. The molecule has 0 aliphatic carbocycles. The number of hydrogen-bond donors (Lipinski definition) is 2. The number of benzene rings is 2. The molecule has 1 fully saturated rings.